The molecule has 0 unspecified atom stereocenters. The van der Waals surface area contributed by atoms with Crippen molar-refractivity contribution in [3.8, 4) is 0 Å². The molecular formula is C10H17N3O. The summed E-state index contributed by atoms with van der Waals surface area (Å²) in [5.41, 5.74) is 2.45. The van der Waals surface area contributed by atoms with E-state index >= 15 is 0 Å². The maximum absolute atomic E-state index is 9.12. The second-order valence-corrected chi connectivity index (χ2v) is 4.08. The Balaban J connectivity index is 1.83. The van der Waals surface area contributed by atoms with Crippen LogP contribution in [-0.4, -0.2) is 27.0 Å². The summed E-state index contributed by atoms with van der Waals surface area (Å²) in [5.74, 6) is 0. The summed E-state index contributed by atoms with van der Waals surface area (Å²) in [7, 11) is 1.95. The number of hydrogen-bond donors (Lipinski definition) is 2. The Hall–Kier alpha value is -0.870. The summed E-state index contributed by atoms with van der Waals surface area (Å²) in [5, 5.41) is 16.7. The highest BCUT2D eigenvalue weighted by Crippen LogP contribution is 2.20. The van der Waals surface area contributed by atoms with Gasteiger partial charge in [0, 0.05) is 30.9 Å². The number of aliphatic hydroxyl groups excluding tert-OH is 1. The Morgan fingerprint density at radius 2 is 2.36 bits per heavy atom. The maximum atomic E-state index is 9.12. The highest BCUT2D eigenvalue weighted by atomic mass is 16.3. The first kappa shape index (κ1) is 9.68. The van der Waals surface area contributed by atoms with Crippen molar-refractivity contribution < 1.29 is 5.11 Å². The van der Waals surface area contributed by atoms with Crippen LogP contribution in [0.1, 0.15) is 24.1 Å². The smallest absolute Gasteiger partial charge is 0.0570 e. The fraction of sp³-hybridized carbons (Fsp3) is 0.700. The minimum atomic E-state index is -0.0810. The first-order chi connectivity index (χ1) is 6.66. The number of nitrogens with zero attached hydrogens (tertiary/aromatic N) is 2. The Kier molecular flexibility index (Phi) is 2.56. The van der Waals surface area contributed by atoms with Gasteiger partial charge in [-0.05, 0) is 19.8 Å². The normalized spacial score (nSPS) is 26.2. The molecular weight excluding hydrogens is 178 g/mol. The van der Waals surface area contributed by atoms with E-state index in [0.717, 1.165) is 19.4 Å². The minimum absolute atomic E-state index is 0.0810. The summed E-state index contributed by atoms with van der Waals surface area (Å²) in [6.07, 6.45) is 3.60. The van der Waals surface area contributed by atoms with Crippen LogP contribution in [0.2, 0.25) is 0 Å². The van der Waals surface area contributed by atoms with E-state index in [0.29, 0.717) is 6.04 Å². The molecule has 2 N–H and O–H groups in total. The van der Waals surface area contributed by atoms with Crippen molar-refractivity contribution in [2.75, 3.05) is 0 Å². The van der Waals surface area contributed by atoms with Crippen molar-refractivity contribution in [2.24, 2.45) is 7.05 Å². The lowest BCUT2D eigenvalue weighted by atomic mass is 9.89. The zero-order valence-corrected chi connectivity index (χ0v) is 8.70. The molecule has 1 aromatic heterocycles. The summed E-state index contributed by atoms with van der Waals surface area (Å²) in [6.45, 7) is 2.93. The summed E-state index contributed by atoms with van der Waals surface area (Å²) < 4.78 is 1.88. The summed E-state index contributed by atoms with van der Waals surface area (Å²) in [6, 6.07) is 0.490. The fourth-order valence-corrected chi connectivity index (χ4v) is 1.73. The van der Waals surface area contributed by atoms with Gasteiger partial charge in [0.2, 0.25) is 0 Å². The van der Waals surface area contributed by atoms with E-state index in [1.807, 2.05) is 17.9 Å². The van der Waals surface area contributed by atoms with Crippen LogP contribution in [0, 0.1) is 6.92 Å². The molecule has 4 heteroatoms. The first-order valence-electron chi connectivity index (χ1n) is 5.05. The van der Waals surface area contributed by atoms with Crippen LogP contribution < -0.4 is 5.32 Å². The second-order valence-electron chi connectivity index (χ2n) is 4.08. The Labute approximate surface area is 83.9 Å². The van der Waals surface area contributed by atoms with Crippen molar-refractivity contribution >= 4 is 0 Å². The van der Waals surface area contributed by atoms with Crippen molar-refractivity contribution in [3.05, 3.63) is 17.5 Å². The van der Waals surface area contributed by atoms with Crippen LogP contribution in [0.25, 0.3) is 0 Å². The molecule has 0 aliphatic heterocycles. The number of aryl methyl sites for hydroxylation is 1. The van der Waals surface area contributed by atoms with Crippen molar-refractivity contribution in [2.45, 2.75) is 38.5 Å². The zero-order chi connectivity index (χ0) is 10.1. The van der Waals surface area contributed by atoms with Crippen LogP contribution >= 0.6 is 0 Å². The Bertz CT molecular complexity index is 315. The predicted molar refractivity (Wildman–Crippen MR) is 53.8 cm³/mol. The molecule has 2 rings (SSSR count). The van der Waals surface area contributed by atoms with E-state index < -0.39 is 0 Å². The van der Waals surface area contributed by atoms with Gasteiger partial charge in [0.1, 0.15) is 0 Å². The number of rotatable bonds is 3. The van der Waals surface area contributed by atoms with Gasteiger partial charge in [-0.3, -0.25) is 4.68 Å². The van der Waals surface area contributed by atoms with Gasteiger partial charge in [-0.1, -0.05) is 0 Å². The average molecular weight is 195 g/mol. The molecule has 1 aromatic rings. The minimum Gasteiger partial charge on any atom is -0.393 e. The topological polar surface area (TPSA) is 50.1 Å². The van der Waals surface area contributed by atoms with Crippen LogP contribution in [0.4, 0.5) is 0 Å². The van der Waals surface area contributed by atoms with Crippen LogP contribution in [-0.2, 0) is 13.6 Å². The summed E-state index contributed by atoms with van der Waals surface area (Å²) >= 11 is 0. The highest BCUT2D eigenvalue weighted by Gasteiger charge is 2.26. The SMILES string of the molecule is Cc1c(CNC2CC(O)C2)cnn1C. The largest absolute Gasteiger partial charge is 0.393 e. The molecule has 14 heavy (non-hydrogen) atoms. The van der Waals surface area contributed by atoms with Crippen LogP contribution in [0.15, 0.2) is 6.20 Å². The predicted octanol–water partition coefficient (Wildman–Crippen LogP) is 0.341. The molecule has 0 atom stereocenters. The Morgan fingerprint density at radius 1 is 1.64 bits per heavy atom. The van der Waals surface area contributed by atoms with E-state index in [2.05, 4.69) is 17.3 Å². The number of aliphatic hydroxyl groups is 1. The quantitative estimate of drug-likeness (QED) is 0.731. The Morgan fingerprint density at radius 3 is 2.86 bits per heavy atom. The standard InChI is InChI=1S/C10H17N3O/c1-7-8(6-12-13(7)2)5-11-9-3-10(14)4-9/h6,9-11,14H,3-5H2,1-2H3. The van der Waals surface area contributed by atoms with E-state index in [9.17, 15) is 0 Å². The van der Waals surface area contributed by atoms with E-state index in [1.165, 1.54) is 11.3 Å². The van der Waals surface area contributed by atoms with Gasteiger partial charge in [0.05, 0.1) is 12.3 Å². The molecule has 1 saturated carbocycles. The number of aromatic nitrogens is 2. The highest BCUT2D eigenvalue weighted by molar-refractivity contribution is 5.15. The first-order valence-corrected chi connectivity index (χ1v) is 5.05. The van der Waals surface area contributed by atoms with Gasteiger partial charge in [-0.2, -0.15) is 5.10 Å². The summed E-state index contributed by atoms with van der Waals surface area (Å²) in [4.78, 5) is 0. The fourth-order valence-electron chi connectivity index (χ4n) is 1.73. The molecule has 0 radical (unpaired) electrons. The molecule has 78 valence electrons. The third kappa shape index (κ3) is 1.81. The molecule has 0 spiro atoms. The van der Waals surface area contributed by atoms with Crippen molar-refractivity contribution in [3.63, 3.8) is 0 Å². The van der Waals surface area contributed by atoms with E-state index in [-0.39, 0.29) is 6.10 Å². The second kappa shape index (κ2) is 3.71. The van der Waals surface area contributed by atoms with Gasteiger partial charge >= 0.3 is 0 Å². The third-order valence-corrected chi connectivity index (χ3v) is 3.03. The molecule has 1 aliphatic rings. The molecule has 1 aliphatic carbocycles. The average Bonchev–Trinajstić information content (AvgIpc) is 2.41. The number of nitrogens with one attached hydrogen (secondary N) is 1. The molecule has 1 fully saturated rings. The van der Waals surface area contributed by atoms with Crippen molar-refractivity contribution in [1.29, 1.82) is 0 Å². The lowest BCUT2D eigenvalue weighted by molar-refractivity contribution is 0.0619. The van der Waals surface area contributed by atoms with Crippen LogP contribution in [0.5, 0.6) is 0 Å². The molecule has 1 heterocycles. The van der Waals surface area contributed by atoms with Gasteiger partial charge in [-0.25, -0.2) is 0 Å². The van der Waals surface area contributed by atoms with Crippen molar-refractivity contribution in [1.82, 2.24) is 15.1 Å². The lowest BCUT2D eigenvalue weighted by Gasteiger charge is -2.32. The molecule has 4 nitrogen and oxygen atoms in total. The van der Waals surface area contributed by atoms with Gasteiger partial charge in [-0.15, -0.1) is 0 Å². The monoisotopic (exact) mass is 195 g/mol. The number of hydrogen-bond acceptors (Lipinski definition) is 3. The van der Waals surface area contributed by atoms with Gasteiger partial charge in [0.25, 0.3) is 0 Å². The third-order valence-electron chi connectivity index (χ3n) is 3.03. The van der Waals surface area contributed by atoms with Crippen LogP contribution in [0.3, 0.4) is 0 Å². The molecule has 0 bridgehead atoms. The zero-order valence-electron chi connectivity index (χ0n) is 8.70. The maximum Gasteiger partial charge on any atom is 0.0570 e. The lowest BCUT2D eigenvalue weighted by Crippen LogP contribution is -2.43. The van der Waals surface area contributed by atoms with Gasteiger partial charge < -0.3 is 10.4 Å². The van der Waals surface area contributed by atoms with E-state index in [1.54, 1.807) is 0 Å². The van der Waals surface area contributed by atoms with E-state index in [4.69, 9.17) is 5.11 Å². The van der Waals surface area contributed by atoms with Gasteiger partial charge in [0.15, 0.2) is 0 Å². The molecule has 0 saturated heterocycles. The molecule has 0 aromatic carbocycles. The molecule has 0 amide bonds.